The van der Waals surface area contributed by atoms with Crippen LogP contribution < -0.4 is 15.8 Å². The normalized spacial score (nSPS) is 16.5. The number of nitrogens with two attached hydrogens (primary N) is 1. The summed E-state index contributed by atoms with van der Waals surface area (Å²) in [4.78, 5) is 5.97. The lowest BCUT2D eigenvalue weighted by molar-refractivity contribution is 0.296. The number of sulfonamides is 1. The Hall–Kier alpha value is -1.17. The van der Waals surface area contributed by atoms with Gasteiger partial charge in [0.05, 0.1) is 4.90 Å². The molecule has 0 radical (unpaired) electrons. The molecular weight excluding hydrogens is 531 g/mol. The van der Waals surface area contributed by atoms with E-state index in [1.165, 1.54) is 37.0 Å². The first kappa shape index (κ1) is 25.1. The monoisotopic (exact) mass is 562 g/mol. The topological polar surface area (TPSA) is 96.6 Å². The summed E-state index contributed by atoms with van der Waals surface area (Å²) in [5, 5.41) is 14.2. The molecule has 2 aromatic rings. The van der Waals surface area contributed by atoms with E-state index in [0.29, 0.717) is 6.54 Å². The van der Waals surface area contributed by atoms with Crippen molar-refractivity contribution >= 4 is 51.3 Å². The summed E-state index contributed by atoms with van der Waals surface area (Å²) in [7, 11) is -1.86. The minimum absolute atomic E-state index is 0. The molecule has 6 nitrogen and oxygen atoms in total. The predicted octanol–water partition coefficient (Wildman–Crippen LogP) is 3.62. The van der Waals surface area contributed by atoms with Crippen LogP contribution >= 0.6 is 35.3 Å². The Kier molecular flexibility index (Phi) is 9.58. The highest BCUT2D eigenvalue weighted by Gasteiger charge is 2.34. The molecule has 0 saturated heterocycles. The zero-order chi connectivity index (χ0) is 20.7. The second-order valence-electron chi connectivity index (χ2n) is 7.61. The van der Waals surface area contributed by atoms with Gasteiger partial charge in [-0.25, -0.2) is 13.6 Å². The van der Waals surface area contributed by atoms with Crippen molar-refractivity contribution in [2.45, 2.75) is 48.8 Å². The molecule has 4 N–H and O–H groups in total. The van der Waals surface area contributed by atoms with Crippen LogP contribution in [0, 0.1) is 0 Å². The number of thiophene rings is 1. The molecule has 166 valence electrons. The van der Waals surface area contributed by atoms with E-state index in [-0.39, 0.29) is 34.3 Å². The standard InChI is InChI=1S/C21H30N4O2S2.HI/c1-23-20(24-14-11-17-7-9-18(10-8-17)29(22,26)27)25-16-21(12-3-2-4-13-21)19-6-5-15-28-19;/h5-10,15H,2-4,11-14,16H2,1H3,(H2,22,26,27)(H2,23,24,25);1H. The quantitative estimate of drug-likeness (QED) is 0.273. The Bertz CT molecular complexity index is 907. The van der Waals surface area contributed by atoms with Gasteiger partial charge in [0, 0.05) is 30.4 Å². The van der Waals surface area contributed by atoms with Crippen molar-refractivity contribution in [1.82, 2.24) is 10.6 Å². The van der Waals surface area contributed by atoms with Gasteiger partial charge in [0.25, 0.3) is 0 Å². The number of halogens is 1. The molecule has 0 amide bonds. The van der Waals surface area contributed by atoms with Gasteiger partial charge in [-0.3, -0.25) is 4.99 Å². The number of nitrogens with one attached hydrogen (secondary N) is 2. The van der Waals surface area contributed by atoms with Gasteiger partial charge >= 0.3 is 0 Å². The number of primary sulfonamides is 1. The first-order valence-electron chi connectivity index (χ1n) is 10.0. The second-order valence-corrected chi connectivity index (χ2v) is 10.1. The fraction of sp³-hybridized carbons (Fsp3) is 0.476. The molecular formula is C21H31IN4O2S2. The number of nitrogens with zero attached hydrogens (tertiary/aromatic N) is 1. The number of hydrogen-bond donors (Lipinski definition) is 3. The van der Waals surface area contributed by atoms with Crippen molar-refractivity contribution in [2.75, 3.05) is 20.1 Å². The number of benzene rings is 1. The first-order valence-corrected chi connectivity index (χ1v) is 12.5. The van der Waals surface area contributed by atoms with E-state index < -0.39 is 10.0 Å². The van der Waals surface area contributed by atoms with Gasteiger partial charge < -0.3 is 10.6 Å². The lowest BCUT2D eigenvalue weighted by Gasteiger charge is -2.37. The number of hydrogen-bond acceptors (Lipinski definition) is 4. The maximum absolute atomic E-state index is 11.3. The molecule has 0 atom stereocenters. The third-order valence-corrected chi connectivity index (χ3v) is 7.68. The van der Waals surface area contributed by atoms with Crippen molar-refractivity contribution < 1.29 is 8.42 Å². The zero-order valence-corrected chi connectivity index (χ0v) is 21.2. The summed E-state index contributed by atoms with van der Waals surface area (Å²) in [6, 6.07) is 11.1. The summed E-state index contributed by atoms with van der Waals surface area (Å²) in [5.74, 6) is 0.799. The van der Waals surface area contributed by atoms with E-state index in [1.54, 1.807) is 31.3 Å². The summed E-state index contributed by atoms with van der Waals surface area (Å²) in [5.41, 5.74) is 1.25. The molecule has 0 unspecified atom stereocenters. The molecule has 3 rings (SSSR count). The molecule has 30 heavy (non-hydrogen) atoms. The molecule has 1 aliphatic rings. The van der Waals surface area contributed by atoms with E-state index in [1.807, 2.05) is 11.3 Å². The number of aliphatic imine (C=N–C) groups is 1. The molecule has 1 fully saturated rings. The van der Waals surface area contributed by atoms with Gasteiger partial charge in [-0.2, -0.15) is 0 Å². The van der Waals surface area contributed by atoms with Gasteiger partial charge in [-0.05, 0) is 48.4 Å². The van der Waals surface area contributed by atoms with Crippen molar-refractivity contribution in [1.29, 1.82) is 0 Å². The summed E-state index contributed by atoms with van der Waals surface area (Å²) < 4.78 is 22.7. The van der Waals surface area contributed by atoms with Crippen LogP contribution in [0.4, 0.5) is 0 Å². The molecule has 1 aromatic carbocycles. The third-order valence-electron chi connectivity index (χ3n) is 5.63. The highest BCUT2D eigenvalue weighted by Crippen LogP contribution is 2.41. The minimum atomic E-state index is -3.64. The van der Waals surface area contributed by atoms with Crippen molar-refractivity contribution in [3.63, 3.8) is 0 Å². The number of guanidine groups is 1. The largest absolute Gasteiger partial charge is 0.356 e. The fourth-order valence-corrected chi connectivity index (χ4v) is 5.47. The van der Waals surface area contributed by atoms with Gasteiger partial charge in [-0.15, -0.1) is 35.3 Å². The van der Waals surface area contributed by atoms with Crippen molar-refractivity contribution in [3.05, 3.63) is 52.2 Å². The lowest BCUT2D eigenvalue weighted by Crippen LogP contribution is -2.46. The fourth-order valence-electron chi connectivity index (χ4n) is 3.96. The molecule has 1 saturated carbocycles. The zero-order valence-electron chi connectivity index (χ0n) is 17.3. The summed E-state index contributed by atoms with van der Waals surface area (Å²) in [6.07, 6.45) is 7.08. The summed E-state index contributed by atoms with van der Waals surface area (Å²) in [6.45, 7) is 1.59. The molecule has 1 aromatic heterocycles. The van der Waals surface area contributed by atoms with Crippen molar-refractivity contribution in [2.24, 2.45) is 10.1 Å². The van der Waals surface area contributed by atoms with Crippen LogP contribution in [0.3, 0.4) is 0 Å². The summed E-state index contributed by atoms with van der Waals surface area (Å²) >= 11 is 1.85. The average Bonchev–Trinajstić information content (AvgIpc) is 3.26. The Morgan fingerprint density at radius 3 is 2.40 bits per heavy atom. The Morgan fingerprint density at radius 1 is 1.13 bits per heavy atom. The van der Waals surface area contributed by atoms with Gasteiger partial charge in [-0.1, -0.05) is 37.5 Å². The van der Waals surface area contributed by atoms with E-state index >= 15 is 0 Å². The highest BCUT2D eigenvalue weighted by atomic mass is 127. The molecule has 0 spiro atoms. The van der Waals surface area contributed by atoms with Gasteiger partial charge in [0.15, 0.2) is 5.96 Å². The van der Waals surface area contributed by atoms with E-state index in [0.717, 1.165) is 24.5 Å². The number of rotatable bonds is 7. The predicted molar refractivity (Wildman–Crippen MR) is 135 cm³/mol. The Labute approximate surface area is 200 Å². The minimum Gasteiger partial charge on any atom is -0.356 e. The van der Waals surface area contributed by atoms with Crippen LogP contribution in [0.5, 0.6) is 0 Å². The van der Waals surface area contributed by atoms with E-state index in [4.69, 9.17) is 5.14 Å². The SMILES string of the molecule is CN=C(NCCc1ccc(S(N)(=O)=O)cc1)NCC1(c2cccs2)CCCCC1.I. The molecule has 1 heterocycles. The molecule has 1 aliphatic carbocycles. The van der Waals surface area contributed by atoms with Crippen LogP contribution in [0.25, 0.3) is 0 Å². The van der Waals surface area contributed by atoms with E-state index in [2.05, 4.69) is 33.1 Å². The lowest BCUT2D eigenvalue weighted by atomic mass is 9.73. The average molecular weight is 563 g/mol. The third kappa shape index (κ3) is 6.66. The smallest absolute Gasteiger partial charge is 0.238 e. The molecule has 0 aliphatic heterocycles. The van der Waals surface area contributed by atoms with Crippen LogP contribution in [-0.2, 0) is 21.9 Å². The highest BCUT2D eigenvalue weighted by molar-refractivity contribution is 14.0. The maximum Gasteiger partial charge on any atom is 0.238 e. The van der Waals surface area contributed by atoms with Gasteiger partial charge in [0.2, 0.25) is 10.0 Å². The van der Waals surface area contributed by atoms with Crippen LogP contribution in [0.2, 0.25) is 0 Å². The van der Waals surface area contributed by atoms with E-state index in [9.17, 15) is 8.42 Å². The van der Waals surface area contributed by atoms with Crippen molar-refractivity contribution in [3.8, 4) is 0 Å². The molecule has 0 bridgehead atoms. The Morgan fingerprint density at radius 2 is 1.83 bits per heavy atom. The van der Waals surface area contributed by atoms with Crippen LogP contribution in [0.1, 0.15) is 42.5 Å². The molecule has 9 heteroatoms. The maximum atomic E-state index is 11.3. The van der Waals surface area contributed by atoms with Crippen LogP contribution in [-0.4, -0.2) is 34.5 Å². The van der Waals surface area contributed by atoms with Gasteiger partial charge in [0.1, 0.15) is 0 Å². The second kappa shape index (κ2) is 11.4. The Balaban J connectivity index is 0.00000320. The first-order chi connectivity index (χ1) is 13.9. The van der Waals surface area contributed by atoms with Crippen LogP contribution in [0.15, 0.2) is 51.7 Å².